The molecular formula is C17H14F2N2O3. The number of para-hydroxylation sites is 1. The molecule has 0 saturated carbocycles. The number of carbonyl (C=O) groups is 1. The Bertz CT molecular complexity index is 808. The fourth-order valence-corrected chi connectivity index (χ4v) is 2.36. The zero-order chi connectivity index (χ0) is 17.1. The number of amides is 1. The van der Waals surface area contributed by atoms with Crippen molar-refractivity contribution in [2.45, 2.75) is 12.5 Å². The average Bonchev–Trinajstić information content (AvgIpc) is 3.07. The van der Waals surface area contributed by atoms with Crippen molar-refractivity contribution < 1.29 is 23.1 Å². The smallest absolute Gasteiger partial charge is 0.268 e. The molecule has 3 rings (SSSR count). The maximum Gasteiger partial charge on any atom is 0.268 e. The highest BCUT2D eigenvalue weighted by atomic mass is 19.1. The molecule has 0 fully saturated rings. The minimum Gasteiger partial charge on any atom is -0.496 e. The molecule has 0 spiro atoms. The van der Waals surface area contributed by atoms with Crippen molar-refractivity contribution in [3.8, 4) is 5.75 Å². The lowest BCUT2D eigenvalue weighted by Crippen LogP contribution is -2.28. The van der Waals surface area contributed by atoms with Crippen molar-refractivity contribution in [2.24, 2.45) is 5.16 Å². The maximum absolute atomic E-state index is 13.6. The molecule has 1 atom stereocenters. The van der Waals surface area contributed by atoms with Crippen LogP contribution < -0.4 is 10.1 Å². The quantitative estimate of drug-likeness (QED) is 0.936. The summed E-state index contributed by atoms with van der Waals surface area (Å²) in [4.78, 5) is 17.3. The van der Waals surface area contributed by atoms with Crippen molar-refractivity contribution in [1.29, 1.82) is 0 Å². The summed E-state index contributed by atoms with van der Waals surface area (Å²) in [6.07, 6.45) is -0.677. The molecule has 1 aliphatic rings. The van der Waals surface area contributed by atoms with Crippen LogP contribution in [0.25, 0.3) is 0 Å². The van der Waals surface area contributed by atoms with Crippen molar-refractivity contribution >= 4 is 17.3 Å². The number of nitrogens with one attached hydrogen (secondary N) is 1. The molecule has 0 aromatic heterocycles. The van der Waals surface area contributed by atoms with Gasteiger partial charge in [0.25, 0.3) is 5.91 Å². The molecule has 0 aliphatic carbocycles. The molecule has 1 heterocycles. The molecule has 1 amide bonds. The van der Waals surface area contributed by atoms with Crippen LogP contribution in [-0.2, 0) is 9.63 Å². The van der Waals surface area contributed by atoms with E-state index in [0.717, 1.165) is 17.7 Å². The van der Waals surface area contributed by atoms with Gasteiger partial charge in [0.05, 0.1) is 18.5 Å². The minimum absolute atomic E-state index is 0.115. The number of carbonyl (C=O) groups excluding carboxylic acids is 1. The summed E-state index contributed by atoms with van der Waals surface area (Å²) in [6, 6.07) is 10.1. The molecule has 1 aliphatic heterocycles. The van der Waals surface area contributed by atoms with Gasteiger partial charge >= 0.3 is 0 Å². The SMILES string of the molecule is COc1ccccc1C1=NO[C@H](C(=O)Nc2ccc(F)cc2F)C1. The molecule has 0 saturated heterocycles. The topological polar surface area (TPSA) is 59.9 Å². The standard InChI is InChI=1S/C17H14F2N2O3/c1-23-15-5-3-2-4-11(15)14-9-16(24-21-14)17(22)20-13-7-6-10(18)8-12(13)19/h2-8,16H,9H2,1H3,(H,20,22)/t16-/m0/s1. The van der Waals surface area contributed by atoms with E-state index in [-0.39, 0.29) is 12.1 Å². The van der Waals surface area contributed by atoms with Gasteiger partial charge in [-0.05, 0) is 24.3 Å². The normalized spacial score (nSPS) is 16.3. The Hall–Kier alpha value is -2.96. The van der Waals surface area contributed by atoms with Crippen molar-refractivity contribution in [3.63, 3.8) is 0 Å². The highest BCUT2D eigenvalue weighted by Gasteiger charge is 2.30. The minimum atomic E-state index is -0.894. The van der Waals surface area contributed by atoms with Gasteiger partial charge in [-0.1, -0.05) is 17.3 Å². The van der Waals surface area contributed by atoms with Crippen LogP contribution in [0.3, 0.4) is 0 Å². The number of oxime groups is 1. The highest BCUT2D eigenvalue weighted by molar-refractivity contribution is 6.07. The van der Waals surface area contributed by atoms with E-state index in [1.807, 2.05) is 12.1 Å². The van der Waals surface area contributed by atoms with E-state index in [4.69, 9.17) is 9.57 Å². The van der Waals surface area contributed by atoms with E-state index in [9.17, 15) is 13.6 Å². The van der Waals surface area contributed by atoms with Crippen LogP contribution in [-0.4, -0.2) is 24.8 Å². The van der Waals surface area contributed by atoms with Gasteiger partial charge in [-0.15, -0.1) is 0 Å². The second-order valence-electron chi connectivity index (χ2n) is 5.15. The Morgan fingerprint density at radius 1 is 1.29 bits per heavy atom. The van der Waals surface area contributed by atoms with Gasteiger partial charge in [0.2, 0.25) is 6.10 Å². The van der Waals surface area contributed by atoms with Gasteiger partial charge < -0.3 is 14.9 Å². The van der Waals surface area contributed by atoms with Crippen molar-refractivity contribution in [1.82, 2.24) is 0 Å². The molecule has 124 valence electrons. The Morgan fingerprint density at radius 2 is 2.08 bits per heavy atom. The fourth-order valence-electron chi connectivity index (χ4n) is 2.36. The van der Waals surface area contributed by atoms with Crippen LogP contribution in [0.1, 0.15) is 12.0 Å². The van der Waals surface area contributed by atoms with Crippen molar-refractivity contribution in [2.75, 3.05) is 12.4 Å². The van der Waals surface area contributed by atoms with Crippen LogP contribution in [0.5, 0.6) is 5.75 Å². The van der Waals surface area contributed by atoms with Crippen LogP contribution in [0.4, 0.5) is 14.5 Å². The van der Waals surface area contributed by atoms with E-state index >= 15 is 0 Å². The summed E-state index contributed by atoms with van der Waals surface area (Å²) >= 11 is 0. The number of hydrogen-bond acceptors (Lipinski definition) is 4. The summed E-state index contributed by atoms with van der Waals surface area (Å²) in [6.45, 7) is 0. The van der Waals surface area contributed by atoms with Gasteiger partial charge in [0.15, 0.2) is 0 Å². The molecule has 0 bridgehead atoms. The Morgan fingerprint density at radius 3 is 2.83 bits per heavy atom. The predicted molar refractivity (Wildman–Crippen MR) is 84.0 cm³/mol. The van der Waals surface area contributed by atoms with E-state index in [2.05, 4.69) is 10.5 Å². The zero-order valence-electron chi connectivity index (χ0n) is 12.8. The maximum atomic E-state index is 13.6. The lowest BCUT2D eigenvalue weighted by molar-refractivity contribution is -0.125. The first-order valence-corrected chi connectivity index (χ1v) is 7.20. The number of rotatable bonds is 4. The van der Waals surface area contributed by atoms with Crippen LogP contribution >= 0.6 is 0 Å². The first kappa shape index (κ1) is 15.9. The number of methoxy groups -OCH3 is 1. The molecular weight excluding hydrogens is 318 g/mol. The van der Waals surface area contributed by atoms with E-state index in [1.54, 1.807) is 12.1 Å². The third-order valence-corrected chi connectivity index (χ3v) is 3.57. The molecule has 0 unspecified atom stereocenters. The lowest BCUT2D eigenvalue weighted by Gasteiger charge is -2.10. The molecule has 2 aromatic carbocycles. The Balaban J connectivity index is 1.69. The number of nitrogens with zero attached hydrogens (tertiary/aromatic N) is 1. The number of hydrogen-bond donors (Lipinski definition) is 1. The van der Waals surface area contributed by atoms with Crippen LogP contribution in [0.2, 0.25) is 0 Å². The van der Waals surface area contributed by atoms with Gasteiger partial charge in [-0.25, -0.2) is 8.78 Å². The predicted octanol–water partition coefficient (Wildman–Crippen LogP) is 3.11. The third kappa shape index (κ3) is 3.19. The Kier molecular flexibility index (Phi) is 4.41. The number of ether oxygens (including phenoxy) is 1. The van der Waals surface area contributed by atoms with E-state index in [0.29, 0.717) is 17.5 Å². The summed E-state index contributed by atoms with van der Waals surface area (Å²) in [7, 11) is 1.54. The van der Waals surface area contributed by atoms with Crippen LogP contribution in [0.15, 0.2) is 47.6 Å². The van der Waals surface area contributed by atoms with E-state index in [1.165, 1.54) is 7.11 Å². The molecule has 7 heteroatoms. The van der Waals surface area contributed by atoms with Gasteiger partial charge in [0.1, 0.15) is 17.4 Å². The van der Waals surface area contributed by atoms with Gasteiger partial charge in [-0.2, -0.15) is 0 Å². The second-order valence-corrected chi connectivity index (χ2v) is 5.15. The fraction of sp³-hybridized carbons (Fsp3) is 0.176. The van der Waals surface area contributed by atoms with Crippen molar-refractivity contribution in [3.05, 3.63) is 59.7 Å². The molecule has 5 nitrogen and oxygen atoms in total. The third-order valence-electron chi connectivity index (χ3n) is 3.57. The molecule has 0 radical (unpaired) electrons. The highest BCUT2D eigenvalue weighted by Crippen LogP contribution is 2.25. The van der Waals surface area contributed by atoms with E-state index < -0.39 is 23.6 Å². The summed E-state index contributed by atoms with van der Waals surface area (Å²) < 4.78 is 31.7. The largest absolute Gasteiger partial charge is 0.496 e. The number of anilines is 1. The first-order valence-electron chi connectivity index (χ1n) is 7.20. The number of halogens is 2. The molecule has 2 aromatic rings. The van der Waals surface area contributed by atoms with Gasteiger partial charge in [0, 0.05) is 18.1 Å². The van der Waals surface area contributed by atoms with Crippen LogP contribution in [0, 0.1) is 11.6 Å². The monoisotopic (exact) mass is 332 g/mol. The summed E-state index contributed by atoms with van der Waals surface area (Å²) in [5.74, 6) is -1.52. The van der Waals surface area contributed by atoms with Gasteiger partial charge in [-0.3, -0.25) is 4.79 Å². The average molecular weight is 332 g/mol. The first-order chi connectivity index (χ1) is 11.6. The Labute approximate surface area is 136 Å². The number of benzene rings is 2. The molecule has 1 N–H and O–H groups in total. The lowest BCUT2D eigenvalue weighted by atomic mass is 10.0. The summed E-state index contributed by atoms with van der Waals surface area (Å²) in [5.41, 5.74) is 1.17. The summed E-state index contributed by atoms with van der Waals surface area (Å²) in [5, 5.41) is 6.29. The molecule has 24 heavy (non-hydrogen) atoms. The zero-order valence-corrected chi connectivity index (χ0v) is 12.8. The second kappa shape index (κ2) is 6.66.